The predicted molar refractivity (Wildman–Crippen MR) is 43.4 cm³/mol. The number of aromatic amines is 1. The van der Waals surface area contributed by atoms with Gasteiger partial charge in [-0.15, -0.1) is 0 Å². The summed E-state index contributed by atoms with van der Waals surface area (Å²) in [5, 5.41) is 8.26. The van der Waals surface area contributed by atoms with Gasteiger partial charge in [0.1, 0.15) is 5.69 Å². The van der Waals surface area contributed by atoms with Gasteiger partial charge in [-0.3, -0.25) is 0 Å². The van der Waals surface area contributed by atoms with Crippen molar-refractivity contribution in [1.29, 1.82) is 0 Å². The van der Waals surface area contributed by atoms with Crippen molar-refractivity contribution >= 4 is 15.8 Å². The Morgan fingerprint density at radius 2 is 2.08 bits per heavy atom. The van der Waals surface area contributed by atoms with Gasteiger partial charge in [-0.25, -0.2) is 18.2 Å². The van der Waals surface area contributed by atoms with E-state index >= 15 is 0 Å². The number of nitrogens with zero attached hydrogens (tertiary/aromatic N) is 1. The van der Waals surface area contributed by atoms with Crippen molar-refractivity contribution in [3.05, 3.63) is 11.4 Å². The quantitative estimate of drug-likeness (QED) is 0.696. The number of imidazole rings is 1. The molecule has 0 radical (unpaired) electrons. The number of H-pyrrole nitrogens is 1. The number of carbonyl (C=O) groups is 1. The maximum absolute atomic E-state index is 10.9. The summed E-state index contributed by atoms with van der Waals surface area (Å²) in [6, 6.07) is 0. The van der Waals surface area contributed by atoms with Crippen LogP contribution in [0.4, 0.5) is 0 Å². The molecule has 0 spiro atoms. The van der Waals surface area contributed by atoms with Gasteiger partial charge in [-0.2, -0.15) is 0 Å². The number of hydrogen-bond acceptors (Lipinski definition) is 4. The standard InChI is InChI=1S/C6H8N2O4S/c1-3-4(5(9)10)8-6(7-3)13(2,11)12/h1-2H3,(H,7,8)(H,9,10). The van der Waals surface area contributed by atoms with E-state index in [1.54, 1.807) is 0 Å². The molecule has 0 aliphatic heterocycles. The molecule has 0 aliphatic carbocycles. The Morgan fingerprint density at radius 1 is 1.54 bits per heavy atom. The first-order valence-electron chi connectivity index (χ1n) is 3.32. The zero-order valence-corrected chi connectivity index (χ0v) is 7.84. The molecular weight excluding hydrogens is 196 g/mol. The first kappa shape index (κ1) is 9.72. The second-order valence-corrected chi connectivity index (χ2v) is 4.51. The summed E-state index contributed by atoms with van der Waals surface area (Å²) in [6.45, 7) is 1.43. The minimum Gasteiger partial charge on any atom is -0.477 e. The largest absolute Gasteiger partial charge is 0.477 e. The normalized spacial score (nSPS) is 11.5. The van der Waals surface area contributed by atoms with Gasteiger partial charge in [0.05, 0.1) is 5.69 Å². The monoisotopic (exact) mass is 204 g/mol. The van der Waals surface area contributed by atoms with Crippen molar-refractivity contribution in [2.24, 2.45) is 0 Å². The van der Waals surface area contributed by atoms with E-state index in [1.807, 2.05) is 0 Å². The van der Waals surface area contributed by atoms with Crippen molar-refractivity contribution in [2.75, 3.05) is 6.26 Å². The lowest BCUT2D eigenvalue weighted by Crippen LogP contribution is -2.01. The number of carboxylic acids is 1. The lowest BCUT2D eigenvalue weighted by atomic mass is 10.4. The van der Waals surface area contributed by atoms with E-state index in [-0.39, 0.29) is 16.5 Å². The summed E-state index contributed by atoms with van der Waals surface area (Å²) >= 11 is 0. The molecule has 0 saturated heterocycles. The maximum Gasteiger partial charge on any atom is 0.354 e. The highest BCUT2D eigenvalue weighted by Crippen LogP contribution is 2.08. The molecule has 1 aromatic rings. The lowest BCUT2D eigenvalue weighted by molar-refractivity contribution is 0.0690. The topological polar surface area (TPSA) is 100 Å². The van der Waals surface area contributed by atoms with Crippen LogP contribution in [0.3, 0.4) is 0 Å². The van der Waals surface area contributed by atoms with Crippen molar-refractivity contribution in [1.82, 2.24) is 9.97 Å². The van der Waals surface area contributed by atoms with Crippen LogP contribution in [0.5, 0.6) is 0 Å². The average Bonchev–Trinajstić information content (AvgIpc) is 2.29. The number of hydrogen-bond donors (Lipinski definition) is 2. The van der Waals surface area contributed by atoms with Crippen LogP contribution in [0.2, 0.25) is 0 Å². The molecule has 0 aromatic carbocycles. The molecule has 2 N–H and O–H groups in total. The molecule has 1 aromatic heterocycles. The van der Waals surface area contributed by atoms with E-state index in [2.05, 4.69) is 9.97 Å². The lowest BCUT2D eigenvalue weighted by Gasteiger charge is -1.88. The zero-order valence-electron chi connectivity index (χ0n) is 7.03. The van der Waals surface area contributed by atoms with Crippen LogP contribution in [0, 0.1) is 6.92 Å². The molecule has 72 valence electrons. The SMILES string of the molecule is Cc1nc(S(C)(=O)=O)[nH]c1C(=O)O. The molecule has 0 amide bonds. The van der Waals surface area contributed by atoms with E-state index in [0.717, 1.165) is 6.26 Å². The summed E-state index contributed by atoms with van der Waals surface area (Å²) in [5.41, 5.74) is -0.0339. The summed E-state index contributed by atoms with van der Waals surface area (Å²) in [4.78, 5) is 16.3. The van der Waals surface area contributed by atoms with Crippen molar-refractivity contribution < 1.29 is 18.3 Å². The first-order valence-corrected chi connectivity index (χ1v) is 5.21. The Hall–Kier alpha value is -1.37. The van der Waals surface area contributed by atoms with E-state index in [1.165, 1.54) is 6.92 Å². The number of aryl methyl sites for hydroxylation is 1. The van der Waals surface area contributed by atoms with Gasteiger partial charge in [0.15, 0.2) is 0 Å². The van der Waals surface area contributed by atoms with E-state index in [4.69, 9.17) is 5.11 Å². The van der Waals surface area contributed by atoms with Gasteiger partial charge < -0.3 is 10.1 Å². The fraction of sp³-hybridized carbons (Fsp3) is 0.333. The number of carboxylic acid groups (broad SMARTS) is 1. The van der Waals surface area contributed by atoms with Crippen molar-refractivity contribution in [3.63, 3.8) is 0 Å². The molecule has 6 nitrogen and oxygen atoms in total. The van der Waals surface area contributed by atoms with E-state index in [0.29, 0.717) is 0 Å². The highest BCUT2D eigenvalue weighted by Gasteiger charge is 2.18. The molecular formula is C6H8N2O4S. The van der Waals surface area contributed by atoms with E-state index < -0.39 is 15.8 Å². The third-order valence-corrected chi connectivity index (χ3v) is 2.32. The number of aromatic nitrogens is 2. The summed E-state index contributed by atoms with van der Waals surface area (Å²) in [7, 11) is -3.47. The molecule has 0 saturated carbocycles. The third kappa shape index (κ3) is 1.86. The molecule has 0 fully saturated rings. The Kier molecular flexibility index (Phi) is 2.12. The van der Waals surface area contributed by atoms with Crippen LogP contribution >= 0.6 is 0 Å². The average molecular weight is 204 g/mol. The van der Waals surface area contributed by atoms with Crippen LogP contribution in [0.25, 0.3) is 0 Å². The van der Waals surface area contributed by atoms with Gasteiger partial charge >= 0.3 is 5.97 Å². The molecule has 1 heterocycles. The van der Waals surface area contributed by atoms with Crippen LogP contribution < -0.4 is 0 Å². The van der Waals surface area contributed by atoms with E-state index in [9.17, 15) is 13.2 Å². The van der Waals surface area contributed by atoms with Crippen LogP contribution in [0.15, 0.2) is 5.16 Å². The highest BCUT2D eigenvalue weighted by atomic mass is 32.2. The van der Waals surface area contributed by atoms with Crippen molar-refractivity contribution in [2.45, 2.75) is 12.1 Å². The number of aromatic carboxylic acids is 1. The highest BCUT2D eigenvalue weighted by molar-refractivity contribution is 7.90. The summed E-state index contributed by atoms with van der Waals surface area (Å²) in [5.74, 6) is -1.22. The fourth-order valence-electron chi connectivity index (χ4n) is 0.817. The predicted octanol–water partition coefficient (Wildman–Crippen LogP) is -0.180. The molecule has 13 heavy (non-hydrogen) atoms. The van der Waals surface area contributed by atoms with Crippen LogP contribution in [-0.2, 0) is 9.84 Å². The second-order valence-electron chi connectivity index (χ2n) is 2.58. The number of rotatable bonds is 2. The van der Waals surface area contributed by atoms with Gasteiger partial charge in [0.2, 0.25) is 15.0 Å². The van der Waals surface area contributed by atoms with Gasteiger partial charge in [-0.05, 0) is 6.92 Å². The van der Waals surface area contributed by atoms with Crippen LogP contribution in [0.1, 0.15) is 16.2 Å². The number of nitrogens with one attached hydrogen (secondary N) is 1. The maximum atomic E-state index is 10.9. The third-order valence-electron chi connectivity index (χ3n) is 1.43. The van der Waals surface area contributed by atoms with Gasteiger partial charge in [0, 0.05) is 6.26 Å². The minimum absolute atomic E-state index is 0.160. The Morgan fingerprint density at radius 3 is 2.31 bits per heavy atom. The smallest absolute Gasteiger partial charge is 0.354 e. The first-order chi connectivity index (χ1) is 5.82. The number of sulfone groups is 1. The fourth-order valence-corrected chi connectivity index (χ4v) is 1.41. The minimum atomic E-state index is -3.47. The second kappa shape index (κ2) is 2.84. The Bertz CT molecular complexity index is 445. The van der Waals surface area contributed by atoms with Gasteiger partial charge in [-0.1, -0.05) is 0 Å². The molecule has 0 aliphatic rings. The summed E-state index contributed by atoms with van der Waals surface area (Å²) < 4.78 is 21.9. The molecule has 7 heteroatoms. The molecule has 0 atom stereocenters. The Labute approximate surface area is 74.5 Å². The van der Waals surface area contributed by atoms with Crippen LogP contribution in [-0.4, -0.2) is 35.7 Å². The molecule has 0 bridgehead atoms. The summed E-state index contributed by atoms with van der Waals surface area (Å²) in [6.07, 6.45) is 0.955. The van der Waals surface area contributed by atoms with Gasteiger partial charge in [0.25, 0.3) is 0 Å². The van der Waals surface area contributed by atoms with Crippen molar-refractivity contribution in [3.8, 4) is 0 Å². The Balaban J connectivity index is 3.33. The zero-order chi connectivity index (χ0) is 10.2. The molecule has 1 rings (SSSR count). The molecule has 0 unspecified atom stereocenters.